The van der Waals surface area contributed by atoms with Crippen molar-refractivity contribution in [3.8, 4) is 0 Å². The van der Waals surface area contributed by atoms with Gasteiger partial charge in [-0.25, -0.2) is 4.79 Å². The van der Waals surface area contributed by atoms with Crippen LogP contribution in [0.1, 0.15) is 23.2 Å². The van der Waals surface area contributed by atoms with Crippen LogP contribution in [-0.2, 0) is 11.3 Å². The molecule has 0 aliphatic carbocycles. The van der Waals surface area contributed by atoms with E-state index in [-0.39, 0.29) is 18.2 Å². The Morgan fingerprint density at radius 1 is 1.53 bits per heavy atom. The van der Waals surface area contributed by atoms with E-state index in [4.69, 9.17) is 9.52 Å². The van der Waals surface area contributed by atoms with Crippen molar-refractivity contribution in [2.24, 2.45) is 0 Å². The lowest BCUT2D eigenvalue weighted by molar-refractivity contribution is -0.116. The van der Waals surface area contributed by atoms with Gasteiger partial charge in [0.2, 0.25) is 11.7 Å². The number of carboxylic acid groups (broad SMARTS) is 1. The van der Waals surface area contributed by atoms with Crippen molar-refractivity contribution in [2.45, 2.75) is 13.5 Å². The second-order valence-corrected chi connectivity index (χ2v) is 2.79. The number of furan rings is 1. The van der Waals surface area contributed by atoms with E-state index < -0.39 is 5.97 Å². The van der Waals surface area contributed by atoms with Crippen molar-refractivity contribution >= 4 is 11.9 Å². The van der Waals surface area contributed by atoms with Gasteiger partial charge in [-0.1, -0.05) is 6.08 Å². The third-order valence-electron chi connectivity index (χ3n) is 1.63. The van der Waals surface area contributed by atoms with E-state index in [1.54, 1.807) is 13.0 Å². The Morgan fingerprint density at radius 3 is 2.80 bits per heavy atom. The predicted octanol–water partition coefficient (Wildman–Crippen LogP) is 1.17. The van der Waals surface area contributed by atoms with E-state index in [1.807, 2.05) is 0 Å². The Hall–Kier alpha value is -2.04. The molecule has 0 atom stereocenters. The van der Waals surface area contributed by atoms with Crippen molar-refractivity contribution in [3.05, 3.63) is 35.8 Å². The fourth-order valence-corrected chi connectivity index (χ4v) is 0.972. The van der Waals surface area contributed by atoms with Crippen LogP contribution in [0.5, 0.6) is 0 Å². The van der Waals surface area contributed by atoms with Gasteiger partial charge in [0.05, 0.1) is 6.54 Å². The molecule has 0 aliphatic heterocycles. The number of allylic oxidation sites excluding steroid dienone is 1. The van der Waals surface area contributed by atoms with Crippen molar-refractivity contribution in [1.82, 2.24) is 5.32 Å². The van der Waals surface area contributed by atoms with Crippen molar-refractivity contribution in [3.63, 3.8) is 0 Å². The van der Waals surface area contributed by atoms with Gasteiger partial charge in [0, 0.05) is 0 Å². The molecule has 5 heteroatoms. The van der Waals surface area contributed by atoms with E-state index in [2.05, 4.69) is 5.32 Å². The number of carbonyl (C=O) groups excluding carboxylic acids is 1. The fraction of sp³-hybridized carbons (Fsp3) is 0.200. The highest BCUT2D eigenvalue weighted by atomic mass is 16.4. The van der Waals surface area contributed by atoms with Gasteiger partial charge in [-0.15, -0.1) is 0 Å². The molecule has 80 valence electrons. The summed E-state index contributed by atoms with van der Waals surface area (Å²) in [6, 6.07) is 2.86. The number of carbonyl (C=O) groups is 2. The van der Waals surface area contributed by atoms with Crippen molar-refractivity contribution in [1.29, 1.82) is 0 Å². The minimum Gasteiger partial charge on any atom is -0.475 e. The number of carboxylic acids is 1. The Morgan fingerprint density at radius 2 is 2.27 bits per heavy atom. The Balaban J connectivity index is 2.51. The first-order valence-corrected chi connectivity index (χ1v) is 4.36. The minimum atomic E-state index is -1.12. The summed E-state index contributed by atoms with van der Waals surface area (Å²) in [5.41, 5.74) is 0. The van der Waals surface area contributed by atoms with Gasteiger partial charge in [-0.05, 0) is 25.1 Å². The van der Waals surface area contributed by atoms with Gasteiger partial charge in [0.15, 0.2) is 0 Å². The maximum absolute atomic E-state index is 11.0. The second kappa shape index (κ2) is 4.99. The zero-order valence-corrected chi connectivity index (χ0v) is 8.19. The summed E-state index contributed by atoms with van der Waals surface area (Å²) in [5.74, 6) is -1.10. The molecule has 0 unspecified atom stereocenters. The molecule has 1 amide bonds. The van der Waals surface area contributed by atoms with Crippen LogP contribution >= 0.6 is 0 Å². The number of hydrogen-bond acceptors (Lipinski definition) is 3. The van der Waals surface area contributed by atoms with Gasteiger partial charge in [0.1, 0.15) is 5.76 Å². The van der Waals surface area contributed by atoms with E-state index in [1.165, 1.54) is 18.2 Å². The SMILES string of the molecule is CC=CC(=O)NCc1ccc(C(=O)O)o1. The van der Waals surface area contributed by atoms with Crippen LogP contribution in [0.4, 0.5) is 0 Å². The van der Waals surface area contributed by atoms with E-state index >= 15 is 0 Å². The molecule has 2 N–H and O–H groups in total. The Labute approximate surface area is 86.4 Å². The summed E-state index contributed by atoms with van der Waals surface area (Å²) >= 11 is 0. The topological polar surface area (TPSA) is 79.5 Å². The predicted molar refractivity (Wildman–Crippen MR) is 52.3 cm³/mol. The molecule has 5 nitrogen and oxygen atoms in total. The molecule has 0 fully saturated rings. The van der Waals surface area contributed by atoms with Gasteiger partial charge < -0.3 is 14.8 Å². The lowest BCUT2D eigenvalue weighted by atomic mass is 10.4. The van der Waals surface area contributed by atoms with Gasteiger partial charge in [-0.3, -0.25) is 4.79 Å². The molecule has 0 aromatic carbocycles. The van der Waals surface area contributed by atoms with E-state index in [0.29, 0.717) is 5.76 Å². The largest absolute Gasteiger partial charge is 0.475 e. The second-order valence-electron chi connectivity index (χ2n) is 2.79. The van der Waals surface area contributed by atoms with E-state index in [0.717, 1.165) is 0 Å². The normalized spacial score (nSPS) is 10.5. The monoisotopic (exact) mass is 209 g/mol. The van der Waals surface area contributed by atoms with Crippen LogP contribution in [0, 0.1) is 0 Å². The van der Waals surface area contributed by atoms with Crippen LogP contribution in [-0.4, -0.2) is 17.0 Å². The molecule has 15 heavy (non-hydrogen) atoms. The lowest BCUT2D eigenvalue weighted by Gasteiger charge is -1.97. The molecule has 0 saturated heterocycles. The molecule has 1 aromatic heterocycles. The Bertz CT molecular complexity index is 392. The maximum atomic E-state index is 11.0. The molecule has 1 rings (SSSR count). The Kier molecular flexibility index (Phi) is 3.68. The van der Waals surface area contributed by atoms with Crippen molar-refractivity contribution in [2.75, 3.05) is 0 Å². The summed E-state index contributed by atoms with van der Waals surface area (Å²) in [6.45, 7) is 1.91. The number of nitrogens with one attached hydrogen (secondary N) is 1. The summed E-state index contributed by atoms with van der Waals surface area (Å²) in [4.78, 5) is 21.5. The first-order chi connectivity index (χ1) is 7.13. The number of aromatic carboxylic acids is 1. The summed E-state index contributed by atoms with van der Waals surface area (Å²) in [6.07, 6.45) is 2.99. The number of rotatable bonds is 4. The molecule has 0 saturated carbocycles. The minimum absolute atomic E-state index is 0.134. The fourth-order valence-electron chi connectivity index (χ4n) is 0.972. The first kappa shape index (κ1) is 11.0. The summed E-state index contributed by atoms with van der Waals surface area (Å²) in [7, 11) is 0. The molecule has 1 heterocycles. The lowest BCUT2D eigenvalue weighted by Crippen LogP contribution is -2.19. The van der Waals surface area contributed by atoms with Crippen LogP contribution < -0.4 is 5.32 Å². The molecular weight excluding hydrogens is 198 g/mol. The zero-order valence-electron chi connectivity index (χ0n) is 8.19. The third-order valence-corrected chi connectivity index (χ3v) is 1.63. The molecule has 0 radical (unpaired) electrons. The van der Waals surface area contributed by atoms with Crippen LogP contribution in [0.2, 0.25) is 0 Å². The number of hydrogen-bond donors (Lipinski definition) is 2. The average Bonchev–Trinajstić information content (AvgIpc) is 2.63. The van der Waals surface area contributed by atoms with Crippen LogP contribution in [0.25, 0.3) is 0 Å². The van der Waals surface area contributed by atoms with Crippen LogP contribution in [0.3, 0.4) is 0 Å². The molecule has 0 bridgehead atoms. The average molecular weight is 209 g/mol. The summed E-state index contributed by atoms with van der Waals surface area (Å²) < 4.78 is 4.94. The molecule has 0 spiro atoms. The summed E-state index contributed by atoms with van der Waals surface area (Å²) in [5, 5.41) is 11.1. The number of amides is 1. The van der Waals surface area contributed by atoms with E-state index in [9.17, 15) is 9.59 Å². The van der Waals surface area contributed by atoms with Gasteiger partial charge >= 0.3 is 5.97 Å². The highest BCUT2D eigenvalue weighted by Gasteiger charge is 2.08. The van der Waals surface area contributed by atoms with Crippen LogP contribution in [0.15, 0.2) is 28.7 Å². The smallest absolute Gasteiger partial charge is 0.371 e. The highest BCUT2D eigenvalue weighted by molar-refractivity contribution is 5.87. The van der Waals surface area contributed by atoms with Gasteiger partial charge in [0.25, 0.3) is 0 Å². The molecule has 1 aromatic rings. The van der Waals surface area contributed by atoms with Crippen molar-refractivity contribution < 1.29 is 19.1 Å². The third kappa shape index (κ3) is 3.30. The zero-order chi connectivity index (χ0) is 11.3. The first-order valence-electron chi connectivity index (χ1n) is 4.36. The quantitative estimate of drug-likeness (QED) is 0.729. The maximum Gasteiger partial charge on any atom is 0.371 e. The molecule has 0 aliphatic rings. The highest BCUT2D eigenvalue weighted by Crippen LogP contribution is 2.07. The van der Waals surface area contributed by atoms with Gasteiger partial charge in [-0.2, -0.15) is 0 Å². The molecular formula is C10H11NO4. The standard InChI is InChI=1S/C10H11NO4/c1-2-3-9(12)11-6-7-4-5-8(15-7)10(13)14/h2-5H,6H2,1H3,(H,11,12)(H,13,14).